The highest BCUT2D eigenvalue weighted by Gasteiger charge is 2.26. The number of anilines is 1. The fourth-order valence-corrected chi connectivity index (χ4v) is 2.43. The number of piperazine rings is 1. The Kier molecular flexibility index (Phi) is 3.77. The summed E-state index contributed by atoms with van der Waals surface area (Å²) < 4.78 is 13.6. The zero-order valence-electron chi connectivity index (χ0n) is 11.8. The summed E-state index contributed by atoms with van der Waals surface area (Å²) in [4.78, 5) is 4.61. The van der Waals surface area contributed by atoms with Crippen molar-refractivity contribution in [2.45, 2.75) is 26.3 Å². The van der Waals surface area contributed by atoms with Crippen molar-refractivity contribution in [2.75, 3.05) is 31.1 Å². The third kappa shape index (κ3) is 3.05. The largest absolute Gasteiger partial charge is 0.369 e. The topological polar surface area (TPSA) is 30.3 Å². The number of nitrogens with zero attached hydrogens (tertiary/aromatic N) is 3. The summed E-state index contributed by atoms with van der Waals surface area (Å²) in [5.74, 6) is -0.432. The van der Waals surface area contributed by atoms with E-state index in [0.29, 0.717) is 0 Å². The molecule has 19 heavy (non-hydrogen) atoms. The minimum atomic E-state index is -0.432. The molecular formula is C15H20FN3. The van der Waals surface area contributed by atoms with Crippen LogP contribution in [0.3, 0.4) is 0 Å². The first-order chi connectivity index (χ1) is 8.91. The summed E-state index contributed by atoms with van der Waals surface area (Å²) in [6.45, 7) is 10.4. The summed E-state index contributed by atoms with van der Waals surface area (Å²) in [6.07, 6.45) is 0. The molecule has 0 spiro atoms. The minimum absolute atomic E-state index is 0.108. The Morgan fingerprint density at radius 2 is 1.79 bits per heavy atom. The molecular weight excluding hydrogens is 241 g/mol. The summed E-state index contributed by atoms with van der Waals surface area (Å²) >= 11 is 0. The Balaban J connectivity index is 2.06. The predicted molar refractivity (Wildman–Crippen MR) is 74.7 cm³/mol. The van der Waals surface area contributed by atoms with Gasteiger partial charge in [-0.2, -0.15) is 5.26 Å². The molecule has 1 aromatic rings. The van der Waals surface area contributed by atoms with Gasteiger partial charge in [-0.05, 0) is 39.0 Å². The van der Waals surface area contributed by atoms with Gasteiger partial charge in [-0.15, -0.1) is 0 Å². The quantitative estimate of drug-likeness (QED) is 0.778. The number of hydrogen-bond donors (Lipinski definition) is 0. The molecule has 1 aromatic carbocycles. The Bertz CT molecular complexity index is 491. The predicted octanol–water partition coefficient (Wildman–Crippen LogP) is 2.62. The molecule has 1 aliphatic rings. The van der Waals surface area contributed by atoms with Crippen molar-refractivity contribution in [3.63, 3.8) is 0 Å². The van der Waals surface area contributed by atoms with Crippen LogP contribution in [0.4, 0.5) is 10.1 Å². The maximum absolute atomic E-state index is 13.6. The van der Waals surface area contributed by atoms with Crippen LogP contribution in [0, 0.1) is 17.1 Å². The normalized spacial score (nSPS) is 17.3. The lowest BCUT2D eigenvalue weighted by atomic mass is 10.0. The van der Waals surface area contributed by atoms with Gasteiger partial charge in [0.05, 0.1) is 5.56 Å². The molecule has 0 N–H and O–H groups in total. The van der Waals surface area contributed by atoms with Gasteiger partial charge in [0.15, 0.2) is 0 Å². The first kappa shape index (κ1) is 13.8. The van der Waals surface area contributed by atoms with Gasteiger partial charge in [-0.1, -0.05) is 0 Å². The molecule has 1 fully saturated rings. The van der Waals surface area contributed by atoms with Crippen LogP contribution in [0.1, 0.15) is 26.3 Å². The van der Waals surface area contributed by atoms with E-state index in [-0.39, 0.29) is 11.1 Å². The molecule has 0 bridgehead atoms. The summed E-state index contributed by atoms with van der Waals surface area (Å²) in [5.41, 5.74) is 1.16. The maximum atomic E-state index is 13.6. The fraction of sp³-hybridized carbons (Fsp3) is 0.533. The Morgan fingerprint density at radius 3 is 2.26 bits per heavy atom. The fourth-order valence-electron chi connectivity index (χ4n) is 2.43. The molecule has 0 unspecified atom stereocenters. The van der Waals surface area contributed by atoms with Crippen LogP contribution in [-0.4, -0.2) is 36.6 Å². The minimum Gasteiger partial charge on any atom is -0.369 e. The highest BCUT2D eigenvalue weighted by atomic mass is 19.1. The molecule has 0 saturated carbocycles. The summed E-state index contributed by atoms with van der Waals surface area (Å²) in [6, 6.07) is 6.70. The Morgan fingerprint density at radius 1 is 1.16 bits per heavy atom. The van der Waals surface area contributed by atoms with Gasteiger partial charge in [0.2, 0.25) is 0 Å². The van der Waals surface area contributed by atoms with Gasteiger partial charge in [0.25, 0.3) is 0 Å². The smallest absolute Gasteiger partial charge is 0.143 e. The van der Waals surface area contributed by atoms with E-state index in [4.69, 9.17) is 5.26 Å². The second-order valence-electron chi connectivity index (χ2n) is 5.92. The number of halogens is 1. The van der Waals surface area contributed by atoms with Gasteiger partial charge in [0, 0.05) is 37.4 Å². The Labute approximate surface area is 114 Å². The molecule has 0 aliphatic carbocycles. The van der Waals surface area contributed by atoms with E-state index in [1.165, 1.54) is 6.07 Å². The van der Waals surface area contributed by atoms with E-state index < -0.39 is 5.82 Å². The molecule has 2 rings (SSSR count). The molecule has 3 nitrogen and oxygen atoms in total. The molecule has 1 saturated heterocycles. The lowest BCUT2D eigenvalue weighted by Crippen LogP contribution is -2.53. The average molecular weight is 261 g/mol. The standard InChI is InChI=1S/C15H20FN3/c1-15(2,3)19-8-6-18(7-9-19)13-5-4-12(11-17)14(16)10-13/h4-5,10H,6-9H2,1-3H3. The van der Waals surface area contributed by atoms with Gasteiger partial charge >= 0.3 is 0 Å². The zero-order chi connectivity index (χ0) is 14.0. The van der Waals surface area contributed by atoms with Crippen LogP contribution in [-0.2, 0) is 0 Å². The molecule has 0 aromatic heterocycles. The van der Waals surface area contributed by atoms with Crippen molar-refractivity contribution in [3.8, 4) is 6.07 Å². The molecule has 0 atom stereocenters. The van der Waals surface area contributed by atoms with Crippen LogP contribution in [0.5, 0.6) is 0 Å². The number of nitriles is 1. The first-order valence-electron chi connectivity index (χ1n) is 6.61. The van der Waals surface area contributed by atoms with Crippen molar-refractivity contribution < 1.29 is 4.39 Å². The first-order valence-corrected chi connectivity index (χ1v) is 6.61. The second kappa shape index (κ2) is 5.18. The van der Waals surface area contributed by atoms with Gasteiger partial charge in [-0.25, -0.2) is 4.39 Å². The van der Waals surface area contributed by atoms with E-state index in [0.717, 1.165) is 31.9 Å². The third-order valence-corrected chi connectivity index (χ3v) is 3.67. The molecule has 102 valence electrons. The van der Waals surface area contributed by atoms with Gasteiger partial charge in [-0.3, -0.25) is 4.90 Å². The lowest BCUT2D eigenvalue weighted by molar-refractivity contribution is 0.128. The molecule has 0 radical (unpaired) electrons. The third-order valence-electron chi connectivity index (χ3n) is 3.67. The van der Waals surface area contributed by atoms with Crippen molar-refractivity contribution in [1.29, 1.82) is 5.26 Å². The highest BCUT2D eigenvalue weighted by Crippen LogP contribution is 2.22. The van der Waals surface area contributed by atoms with Gasteiger partial charge < -0.3 is 4.90 Å². The molecule has 1 heterocycles. The summed E-state index contributed by atoms with van der Waals surface area (Å²) in [5, 5.41) is 8.73. The number of benzene rings is 1. The van der Waals surface area contributed by atoms with Crippen molar-refractivity contribution in [2.24, 2.45) is 0 Å². The van der Waals surface area contributed by atoms with E-state index in [2.05, 4.69) is 30.6 Å². The summed E-state index contributed by atoms with van der Waals surface area (Å²) in [7, 11) is 0. The maximum Gasteiger partial charge on any atom is 0.143 e. The number of rotatable bonds is 1. The number of hydrogen-bond acceptors (Lipinski definition) is 3. The zero-order valence-corrected chi connectivity index (χ0v) is 11.8. The van der Waals surface area contributed by atoms with E-state index >= 15 is 0 Å². The van der Waals surface area contributed by atoms with Crippen LogP contribution >= 0.6 is 0 Å². The average Bonchev–Trinajstić information content (AvgIpc) is 2.38. The molecule has 0 amide bonds. The van der Waals surface area contributed by atoms with Crippen LogP contribution in [0.2, 0.25) is 0 Å². The van der Waals surface area contributed by atoms with Crippen molar-refractivity contribution in [3.05, 3.63) is 29.6 Å². The van der Waals surface area contributed by atoms with Crippen molar-refractivity contribution in [1.82, 2.24) is 4.90 Å². The van der Waals surface area contributed by atoms with E-state index in [1.54, 1.807) is 6.07 Å². The highest BCUT2D eigenvalue weighted by molar-refractivity contribution is 5.50. The van der Waals surface area contributed by atoms with Crippen LogP contribution in [0.25, 0.3) is 0 Å². The molecule has 4 heteroatoms. The van der Waals surface area contributed by atoms with Gasteiger partial charge in [0.1, 0.15) is 11.9 Å². The Hall–Kier alpha value is -1.60. The van der Waals surface area contributed by atoms with E-state index in [1.807, 2.05) is 12.1 Å². The monoisotopic (exact) mass is 261 g/mol. The van der Waals surface area contributed by atoms with Crippen LogP contribution in [0.15, 0.2) is 18.2 Å². The SMILES string of the molecule is CC(C)(C)N1CCN(c2ccc(C#N)c(F)c2)CC1. The second-order valence-corrected chi connectivity index (χ2v) is 5.92. The van der Waals surface area contributed by atoms with Crippen molar-refractivity contribution >= 4 is 5.69 Å². The van der Waals surface area contributed by atoms with E-state index in [9.17, 15) is 4.39 Å². The lowest BCUT2D eigenvalue weighted by Gasteiger charge is -2.43. The molecule has 1 aliphatic heterocycles. The van der Waals surface area contributed by atoms with Crippen LogP contribution < -0.4 is 4.90 Å².